The van der Waals surface area contributed by atoms with Crippen molar-refractivity contribution in [3.05, 3.63) is 72.1 Å². The van der Waals surface area contributed by atoms with Gasteiger partial charge in [0.15, 0.2) is 11.4 Å². The second-order valence-electron chi connectivity index (χ2n) is 7.57. The lowest BCUT2D eigenvalue weighted by Crippen LogP contribution is -2.37. The number of amides is 1. The second-order valence-corrected chi connectivity index (χ2v) is 7.57. The van der Waals surface area contributed by atoms with Crippen LogP contribution >= 0.6 is 0 Å². The van der Waals surface area contributed by atoms with E-state index in [1.807, 2.05) is 42.5 Å². The highest BCUT2D eigenvalue weighted by atomic mass is 16.5. The van der Waals surface area contributed by atoms with Gasteiger partial charge in [0.2, 0.25) is 0 Å². The first kappa shape index (κ1) is 20.9. The van der Waals surface area contributed by atoms with Crippen molar-refractivity contribution in [2.45, 2.75) is 18.9 Å². The Kier molecular flexibility index (Phi) is 6.52. The zero-order chi connectivity index (χ0) is 21.6. The number of para-hydroxylation sites is 1. The van der Waals surface area contributed by atoms with Crippen molar-refractivity contribution in [1.82, 2.24) is 20.0 Å². The Labute approximate surface area is 182 Å². The van der Waals surface area contributed by atoms with E-state index in [0.29, 0.717) is 12.3 Å². The van der Waals surface area contributed by atoms with E-state index in [-0.39, 0.29) is 17.6 Å². The molecule has 0 spiro atoms. The molecule has 1 aliphatic heterocycles. The van der Waals surface area contributed by atoms with Gasteiger partial charge in [-0.2, -0.15) is 5.10 Å². The molecule has 0 saturated carbocycles. The van der Waals surface area contributed by atoms with Gasteiger partial charge in [-0.15, -0.1) is 0 Å². The van der Waals surface area contributed by atoms with Crippen LogP contribution in [0.4, 0.5) is 0 Å². The molecule has 1 amide bonds. The number of nitrogens with one attached hydrogen (secondary N) is 1. The number of nitrogens with zero attached hydrogens (tertiary/aromatic N) is 3. The molecule has 1 fully saturated rings. The van der Waals surface area contributed by atoms with Gasteiger partial charge in [0.05, 0.1) is 32.1 Å². The van der Waals surface area contributed by atoms with Crippen LogP contribution in [0.5, 0.6) is 11.5 Å². The minimum atomic E-state index is -0.246. The summed E-state index contributed by atoms with van der Waals surface area (Å²) in [6.45, 7) is 2.55. The van der Waals surface area contributed by atoms with Gasteiger partial charge < -0.3 is 14.8 Å². The quantitative estimate of drug-likeness (QED) is 0.605. The van der Waals surface area contributed by atoms with Gasteiger partial charge in [-0.05, 0) is 55.8 Å². The maximum Gasteiger partial charge on any atom is 0.275 e. The number of hydrogen-bond donors (Lipinski definition) is 1. The van der Waals surface area contributed by atoms with Crippen molar-refractivity contribution in [2.24, 2.45) is 0 Å². The molecule has 2 aromatic carbocycles. The Balaban J connectivity index is 1.51. The Bertz CT molecular complexity index is 995. The molecule has 0 unspecified atom stereocenters. The summed E-state index contributed by atoms with van der Waals surface area (Å²) in [6, 6.07) is 17.8. The molecule has 7 nitrogen and oxygen atoms in total. The number of carbonyl (C=O) groups is 1. The lowest BCUT2D eigenvalue weighted by atomic mass is 10.1. The van der Waals surface area contributed by atoms with Crippen LogP contribution in [0, 0.1) is 0 Å². The number of benzene rings is 2. The van der Waals surface area contributed by atoms with Crippen molar-refractivity contribution in [3.63, 3.8) is 0 Å². The summed E-state index contributed by atoms with van der Waals surface area (Å²) in [7, 11) is 3.21. The van der Waals surface area contributed by atoms with Crippen molar-refractivity contribution in [1.29, 1.82) is 0 Å². The summed E-state index contributed by atoms with van der Waals surface area (Å²) in [6.07, 6.45) is 4.08. The van der Waals surface area contributed by atoms with Crippen LogP contribution in [0.25, 0.3) is 5.69 Å². The monoisotopic (exact) mass is 420 g/mol. The Morgan fingerprint density at radius 1 is 1.03 bits per heavy atom. The number of methoxy groups -OCH3 is 2. The molecule has 1 aliphatic rings. The molecule has 162 valence electrons. The number of rotatable bonds is 8. The lowest BCUT2D eigenvalue weighted by Gasteiger charge is -2.28. The van der Waals surface area contributed by atoms with E-state index in [4.69, 9.17) is 9.47 Å². The number of likely N-dealkylation sites (tertiary alicyclic amines) is 1. The first-order valence-corrected chi connectivity index (χ1v) is 10.5. The van der Waals surface area contributed by atoms with Gasteiger partial charge in [-0.25, -0.2) is 4.68 Å². The highest BCUT2D eigenvalue weighted by Gasteiger charge is 2.25. The Hall–Kier alpha value is -3.32. The van der Waals surface area contributed by atoms with Gasteiger partial charge in [-0.3, -0.25) is 9.69 Å². The van der Waals surface area contributed by atoms with Crippen molar-refractivity contribution < 1.29 is 14.3 Å². The summed E-state index contributed by atoms with van der Waals surface area (Å²) >= 11 is 0. The van der Waals surface area contributed by atoms with Gasteiger partial charge in [-0.1, -0.05) is 30.3 Å². The lowest BCUT2D eigenvalue weighted by molar-refractivity contribution is 0.0929. The van der Waals surface area contributed by atoms with Crippen molar-refractivity contribution in [2.75, 3.05) is 33.9 Å². The molecule has 31 heavy (non-hydrogen) atoms. The summed E-state index contributed by atoms with van der Waals surface area (Å²) < 4.78 is 12.4. The number of hydrogen-bond acceptors (Lipinski definition) is 5. The third-order valence-corrected chi connectivity index (χ3v) is 5.67. The van der Waals surface area contributed by atoms with Crippen LogP contribution in [-0.2, 0) is 0 Å². The van der Waals surface area contributed by atoms with Crippen LogP contribution in [0.15, 0.2) is 60.8 Å². The highest BCUT2D eigenvalue weighted by molar-refractivity contribution is 5.95. The standard InChI is InChI=1S/C24H28N4O3/c1-30-20-12-10-18(11-13-20)21(27-14-6-7-15-27)16-25-24(29)23-22(31-2)17-28(26-23)19-8-4-3-5-9-19/h3-5,8-13,17,21H,6-7,14-16H2,1-2H3,(H,25,29)/t21-/m1/s1. The molecule has 0 aliphatic carbocycles. The first-order chi connectivity index (χ1) is 15.2. The van der Waals surface area contributed by atoms with E-state index in [2.05, 4.69) is 27.4 Å². The molecule has 0 radical (unpaired) electrons. The van der Waals surface area contributed by atoms with Crippen LogP contribution < -0.4 is 14.8 Å². The third-order valence-electron chi connectivity index (χ3n) is 5.67. The predicted molar refractivity (Wildman–Crippen MR) is 119 cm³/mol. The van der Waals surface area contributed by atoms with Crippen LogP contribution in [0.1, 0.15) is 34.9 Å². The smallest absolute Gasteiger partial charge is 0.275 e. The summed E-state index contributed by atoms with van der Waals surface area (Å²) in [5, 5.41) is 7.55. The topological polar surface area (TPSA) is 68.6 Å². The Morgan fingerprint density at radius 2 is 1.74 bits per heavy atom. The molecule has 4 rings (SSSR count). The van der Waals surface area contributed by atoms with Gasteiger partial charge in [0.25, 0.3) is 5.91 Å². The summed E-state index contributed by atoms with van der Waals surface area (Å²) in [5.41, 5.74) is 2.30. The SMILES string of the molecule is COc1ccc([C@@H](CNC(=O)c2nn(-c3ccccc3)cc2OC)N2CCCC2)cc1. The molecular formula is C24H28N4O3. The second kappa shape index (κ2) is 9.66. The molecule has 1 aromatic heterocycles. The van der Waals surface area contributed by atoms with Crippen molar-refractivity contribution >= 4 is 5.91 Å². The largest absolute Gasteiger partial charge is 0.497 e. The average Bonchev–Trinajstić information content (AvgIpc) is 3.50. The Morgan fingerprint density at radius 3 is 2.39 bits per heavy atom. The first-order valence-electron chi connectivity index (χ1n) is 10.5. The molecular weight excluding hydrogens is 392 g/mol. The van der Waals surface area contributed by atoms with Gasteiger partial charge in [0, 0.05) is 6.54 Å². The van der Waals surface area contributed by atoms with E-state index in [1.165, 1.54) is 12.8 Å². The van der Waals surface area contributed by atoms with Crippen molar-refractivity contribution in [3.8, 4) is 17.2 Å². The zero-order valence-electron chi connectivity index (χ0n) is 18.0. The van der Waals surface area contributed by atoms with Crippen LogP contribution in [0.3, 0.4) is 0 Å². The van der Waals surface area contributed by atoms with E-state index in [1.54, 1.807) is 25.1 Å². The summed E-state index contributed by atoms with van der Waals surface area (Å²) in [4.78, 5) is 15.4. The maximum absolute atomic E-state index is 13.0. The normalized spacial score (nSPS) is 14.9. The fraction of sp³-hybridized carbons (Fsp3) is 0.333. The molecule has 0 bridgehead atoms. The van der Waals surface area contributed by atoms with Crippen LogP contribution in [0.2, 0.25) is 0 Å². The van der Waals surface area contributed by atoms with E-state index in [9.17, 15) is 4.79 Å². The molecule has 7 heteroatoms. The van der Waals surface area contributed by atoms with E-state index in [0.717, 1.165) is 30.1 Å². The minimum absolute atomic E-state index is 0.0968. The van der Waals surface area contributed by atoms with Crippen LogP contribution in [-0.4, -0.2) is 54.4 Å². The molecule has 1 atom stereocenters. The third kappa shape index (κ3) is 4.72. The van der Waals surface area contributed by atoms with E-state index < -0.39 is 0 Å². The number of ether oxygens (including phenoxy) is 2. The maximum atomic E-state index is 13.0. The molecule has 1 saturated heterocycles. The number of aromatic nitrogens is 2. The zero-order valence-corrected chi connectivity index (χ0v) is 18.0. The minimum Gasteiger partial charge on any atom is -0.497 e. The molecule has 2 heterocycles. The molecule has 3 aromatic rings. The molecule has 1 N–H and O–H groups in total. The predicted octanol–water partition coefficient (Wildman–Crippen LogP) is 3.46. The summed E-state index contributed by atoms with van der Waals surface area (Å²) in [5.74, 6) is 1.02. The van der Waals surface area contributed by atoms with E-state index >= 15 is 0 Å². The fourth-order valence-electron chi connectivity index (χ4n) is 3.99. The average molecular weight is 421 g/mol. The number of carbonyl (C=O) groups excluding carboxylic acids is 1. The fourth-order valence-corrected chi connectivity index (χ4v) is 3.99. The van der Waals surface area contributed by atoms with Gasteiger partial charge in [0.1, 0.15) is 5.75 Å². The van der Waals surface area contributed by atoms with Gasteiger partial charge >= 0.3 is 0 Å². The highest BCUT2D eigenvalue weighted by Crippen LogP contribution is 2.27.